The highest BCUT2D eigenvalue weighted by molar-refractivity contribution is 5.77. The summed E-state index contributed by atoms with van der Waals surface area (Å²) in [5.41, 5.74) is 0. The highest BCUT2D eigenvalue weighted by Gasteiger charge is 2.40. The number of amides is 1. The summed E-state index contributed by atoms with van der Waals surface area (Å²) < 4.78 is 0. The number of carbonyl (C=O) groups is 1. The second kappa shape index (κ2) is 5.58. The van der Waals surface area contributed by atoms with Gasteiger partial charge in [0.25, 0.3) is 0 Å². The number of aliphatic hydroxyl groups is 3. The summed E-state index contributed by atoms with van der Waals surface area (Å²) in [6.45, 7) is 3.55. The van der Waals surface area contributed by atoms with Crippen LogP contribution in [0.15, 0.2) is 0 Å². The first-order valence-electron chi connectivity index (χ1n) is 5.48. The van der Waals surface area contributed by atoms with Gasteiger partial charge in [0.1, 0.15) is 0 Å². The fourth-order valence-corrected chi connectivity index (χ4v) is 1.70. The second-order valence-electron chi connectivity index (χ2n) is 4.44. The first-order chi connectivity index (χ1) is 7.47. The average Bonchev–Trinajstić information content (AvgIpc) is 2.52. The quantitative estimate of drug-likeness (QED) is 0.379. The lowest BCUT2D eigenvalue weighted by Gasteiger charge is -2.17. The molecule has 6 heteroatoms. The fourth-order valence-electron chi connectivity index (χ4n) is 1.70. The van der Waals surface area contributed by atoms with Crippen LogP contribution in [0.5, 0.6) is 0 Å². The van der Waals surface area contributed by atoms with Gasteiger partial charge in [-0.25, -0.2) is 0 Å². The molecule has 5 N–H and O–H groups in total. The van der Waals surface area contributed by atoms with Crippen molar-refractivity contribution in [2.24, 2.45) is 5.92 Å². The molecule has 0 aromatic carbocycles. The van der Waals surface area contributed by atoms with Gasteiger partial charge in [0, 0.05) is 12.5 Å². The molecule has 16 heavy (non-hydrogen) atoms. The van der Waals surface area contributed by atoms with E-state index >= 15 is 0 Å². The first-order valence-corrected chi connectivity index (χ1v) is 5.48. The van der Waals surface area contributed by atoms with Crippen LogP contribution in [0.3, 0.4) is 0 Å². The molecule has 94 valence electrons. The Morgan fingerprint density at radius 3 is 2.31 bits per heavy atom. The lowest BCUT2D eigenvalue weighted by molar-refractivity contribution is -0.124. The van der Waals surface area contributed by atoms with Crippen molar-refractivity contribution < 1.29 is 20.1 Å². The molecule has 1 rings (SSSR count). The van der Waals surface area contributed by atoms with Crippen molar-refractivity contribution in [3.8, 4) is 0 Å². The summed E-state index contributed by atoms with van der Waals surface area (Å²) in [5.74, 6) is -0.215. The highest BCUT2D eigenvalue weighted by Crippen LogP contribution is 2.13. The molecule has 1 heterocycles. The highest BCUT2D eigenvalue weighted by atomic mass is 16.3. The van der Waals surface area contributed by atoms with Gasteiger partial charge in [0.05, 0.1) is 30.9 Å². The largest absolute Gasteiger partial charge is 0.395 e. The number of hydrogen-bond donors (Lipinski definition) is 5. The van der Waals surface area contributed by atoms with Crippen LogP contribution >= 0.6 is 0 Å². The molecule has 0 aromatic heterocycles. The van der Waals surface area contributed by atoms with Gasteiger partial charge in [-0.05, 0) is 0 Å². The van der Waals surface area contributed by atoms with E-state index in [4.69, 9.17) is 5.11 Å². The maximum atomic E-state index is 11.3. The van der Waals surface area contributed by atoms with Crippen LogP contribution in [0, 0.1) is 5.92 Å². The topological polar surface area (TPSA) is 102 Å². The van der Waals surface area contributed by atoms with E-state index in [2.05, 4.69) is 10.6 Å². The molecule has 1 saturated heterocycles. The Morgan fingerprint density at radius 2 is 1.88 bits per heavy atom. The molecule has 1 fully saturated rings. The lowest BCUT2D eigenvalue weighted by Crippen LogP contribution is -2.45. The van der Waals surface area contributed by atoms with E-state index in [9.17, 15) is 15.0 Å². The Kier molecular flexibility index (Phi) is 4.67. The minimum absolute atomic E-state index is 0.101. The van der Waals surface area contributed by atoms with Crippen LogP contribution in [-0.2, 0) is 4.79 Å². The van der Waals surface area contributed by atoms with Gasteiger partial charge >= 0.3 is 0 Å². The fraction of sp³-hybridized carbons (Fsp3) is 0.900. The van der Waals surface area contributed by atoms with Crippen molar-refractivity contribution in [2.75, 3.05) is 13.2 Å². The molecule has 4 unspecified atom stereocenters. The monoisotopic (exact) mass is 232 g/mol. The van der Waals surface area contributed by atoms with Crippen LogP contribution in [0.1, 0.15) is 13.8 Å². The molecule has 0 aromatic rings. The maximum Gasteiger partial charge on any atom is 0.222 e. The predicted molar refractivity (Wildman–Crippen MR) is 57.7 cm³/mol. The van der Waals surface area contributed by atoms with Crippen LogP contribution in [0.2, 0.25) is 0 Å². The van der Waals surface area contributed by atoms with Crippen molar-refractivity contribution in [1.29, 1.82) is 0 Å². The zero-order valence-electron chi connectivity index (χ0n) is 9.55. The van der Waals surface area contributed by atoms with E-state index in [0.717, 1.165) is 0 Å². The van der Waals surface area contributed by atoms with Gasteiger partial charge in [-0.15, -0.1) is 0 Å². The number of rotatable bonds is 4. The smallest absolute Gasteiger partial charge is 0.222 e. The van der Waals surface area contributed by atoms with E-state index in [0.29, 0.717) is 0 Å². The van der Waals surface area contributed by atoms with Crippen LogP contribution in [0.4, 0.5) is 0 Å². The molecular weight excluding hydrogens is 212 g/mol. The number of carbonyl (C=O) groups excluding carboxylic acids is 1. The Bertz CT molecular complexity index is 247. The molecule has 6 nitrogen and oxygen atoms in total. The summed E-state index contributed by atoms with van der Waals surface area (Å²) in [7, 11) is 0. The summed E-state index contributed by atoms with van der Waals surface area (Å²) in [6, 6.07) is -0.953. The van der Waals surface area contributed by atoms with Crippen molar-refractivity contribution in [2.45, 2.75) is 38.1 Å². The minimum atomic E-state index is -0.994. The number of aliphatic hydroxyl groups excluding tert-OH is 3. The van der Waals surface area contributed by atoms with Crippen molar-refractivity contribution in [3.05, 3.63) is 0 Å². The molecular formula is C10H20N2O4. The molecule has 1 aliphatic heterocycles. The molecule has 1 aliphatic rings. The molecule has 4 atom stereocenters. The van der Waals surface area contributed by atoms with Crippen molar-refractivity contribution in [3.63, 3.8) is 0 Å². The average molecular weight is 232 g/mol. The van der Waals surface area contributed by atoms with Crippen molar-refractivity contribution >= 4 is 5.91 Å². The lowest BCUT2D eigenvalue weighted by atomic mass is 10.1. The summed E-state index contributed by atoms with van der Waals surface area (Å²) >= 11 is 0. The molecule has 0 saturated carbocycles. The SMILES string of the molecule is CC(C)C(=O)NCC1NC(CO)C(O)C1O. The summed E-state index contributed by atoms with van der Waals surface area (Å²) in [4.78, 5) is 11.3. The summed E-state index contributed by atoms with van der Waals surface area (Å²) in [5, 5.41) is 33.6. The van der Waals surface area contributed by atoms with E-state index in [1.807, 2.05) is 0 Å². The normalized spacial score (nSPS) is 34.4. The third-order valence-electron chi connectivity index (χ3n) is 2.82. The van der Waals surface area contributed by atoms with Gasteiger partial charge < -0.3 is 26.0 Å². The van der Waals surface area contributed by atoms with Gasteiger partial charge in [0.2, 0.25) is 5.91 Å². The standard InChI is InChI=1S/C10H20N2O4/c1-5(2)10(16)11-3-6-8(14)9(15)7(4-13)12-6/h5-9,12-15H,3-4H2,1-2H3,(H,11,16). The molecule has 0 spiro atoms. The molecule has 0 aliphatic carbocycles. The Morgan fingerprint density at radius 1 is 1.31 bits per heavy atom. The van der Waals surface area contributed by atoms with Gasteiger partial charge in [0.15, 0.2) is 0 Å². The number of nitrogens with one attached hydrogen (secondary N) is 2. The second-order valence-corrected chi connectivity index (χ2v) is 4.44. The Labute approximate surface area is 94.7 Å². The van der Waals surface area contributed by atoms with E-state index in [1.165, 1.54) is 0 Å². The van der Waals surface area contributed by atoms with Gasteiger partial charge in [-0.3, -0.25) is 4.79 Å². The number of hydrogen-bond acceptors (Lipinski definition) is 5. The minimum Gasteiger partial charge on any atom is -0.395 e. The Balaban J connectivity index is 2.41. The first kappa shape index (κ1) is 13.4. The summed E-state index contributed by atoms with van der Waals surface area (Å²) in [6.07, 6.45) is -1.96. The Hall–Kier alpha value is -0.690. The van der Waals surface area contributed by atoms with Gasteiger partial charge in [-0.1, -0.05) is 13.8 Å². The predicted octanol–water partition coefficient (Wildman–Crippen LogP) is -2.19. The molecule has 0 bridgehead atoms. The molecule has 0 radical (unpaired) electrons. The van der Waals surface area contributed by atoms with E-state index < -0.39 is 24.3 Å². The van der Waals surface area contributed by atoms with Gasteiger partial charge in [-0.2, -0.15) is 0 Å². The van der Waals surface area contributed by atoms with E-state index in [1.54, 1.807) is 13.8 Å². The third-order valence-corrected chi connectivity index (χ3v) is 2.82. The zero-order chi connectivity index (χ0) is 12.3. The maximum absolute atomic E-state index is 11.3. The van der Waals surface area contributed by atoms with Crippen LogP contribution in [0.25, 0.3) is 0 Å². The van der Waals surface area contributed by atoms with Crippen molar-refractivity contribution in [1.82, 2.24) is 10.6 Å². The van der Waals surface area contributed by atoms with Crippen LogP contribution < -0.4 is 10.6 Å². The van der Waals surface area contributed by atoms with E-state index in [-0.39, 0.29) is 25.0 Å². The van der Waals surface area contributed by atoms with Crippen LogP contribution in [-0.4, -0.2) is 58.7 Å². The zero-order valence-corrected chi connectivity index (χ0v) is 9.55. The molecule has 1 amide bonds. The third kappa shape index (κ3) is 2.91.